The van der Waals surface area contributed by atoms with Crippen molar-refractivity contribution in [3.8, 4) is 0 Å². The molecular weight excluding hydrogens is 503 g/mol. The van der Waals surface area contributed by atoms with Crippen LogP contribution in [0.4, 0.5) is 0 Å². The average Bonchev–Trinajstić information content (AvgIpc) is 3.28. The number of unbranched alkanes of at least 4 members (excludes halogenated alkanes) is 3. The minimum absolute atomic E-state index is 0.183. The molecule has 0 radical (unpaired) electrons. The first-order chi connectivity index (χ1) is 16.7. The molecule has 0 saturated heterocycles. The van der Waals surface area contributed by atoms with Crippen molar-refractivity contribution in [1.82, 2.24) is 0 Å². The van der Waals surface area contributed by atoms with Crippen molar-refractivity contribution in [3.63, 3.8) is 0 Å². The van der Waals surface area contributed by atoms with Gasteiger partial charge in [0.2, 0.25) is 0 Å². The molecule has 3 aliphatic rings. The third-order valence-electron chi connectivity index (χ3n) is 10.0. The van der Waals surface area contributed by atoms with Gasteiger partial charge in [-0.1, -0.05) is 0 Å². The topological polar surface area (TPSA) is 0 Å². The van der Waals surface area contributed by atoms with Crippen LogP contribution in [0.1, 0.15) is 84.6 Å². The predicted molar refractivity (Wildman–Crippen MR) is 146 cm³/mol. The molecule has 0 N–H and O–H groups in total. The Morgan fingerprint density at radius 3 is 1.70 bits per heavy atom. The van der Waals surface area contributed by atoms with Gasteiger partial charge in [-0.3, -0.25) is 0 Å². The molecule has 6 atom stereocenters. The van der Waals surface area contributed by atoms with Gasteiger partial charge >= 0.3 is 210 Å². The molecule has 0 aliphatic heterocycles. The molecular formula is C32H46Sn. The molecule has 0 nitrogen and oxygen atoms in total. The van der Waals surface area contributed by atoms with Crippen molar-refractivity contribution in [2.24, 2.45) is 23.7 Å². The maximum absolute atomic E-state index is 9.75. The minimum atomic E-state index is -2.48. The molecule has 1 unspecified atom stereocenters. The summed E-state index contributed by atoms with van der Waals surface area (Å²) in [6, 6.07) is 23.0. The molecule has 0 heterocycles. The van der Waals surface area contributed by atoms with Gasteiger partial charge in [-0.15, -0.1) is 0 Å². The standard InChI is InChI=1S/C20H19.3C4H9.Sn/c1-3-7-16(8-4-1)20(17-9-5-2-6-10-17)18-14-11-12-15(13-14)19(18)20;3*1-3-4-2;/h1-11,14-15,18-19H,12-13H2;3*1,3-4H2,2H3;/t14-,15+,18+,19-;;;;/m1..../s1/i12D;;;;/t12?,14-,15+,18+,19-;;;;. The summed E-state index contributed by atoms with van der Waals surface area (Å²) in [7, 11) is 0. The second kappa shape index (κ2) is 10.1. The van der Waals surface area contributed by atoms with Crippen LogP contribution in [0.3, 0.4) is 0 Å². The molecule has 2 aromatic carbocycles. The van der Waals surface area contributed by atoms with Gasteiger partial charge in [-0.05, 0) is 0 Å². The number of hydrogen-bond donors (Lipinski definition) is 0. The third-order valence-corrected chi connectivity index (χ3v) is 27.4. The van der Waals surface area contributed by atoms with E-state index in [1.54, 1.807) is 13.3 Å². The van der Waals surface area contributed by atoms with Crippen LogP contribution in [-0.2, 0) is 5.41 Å². The molecule has 0 aromatic heterocycles. The van der Waals surface area contributed by atoms with Crippen LogP contribution in [0.25, 0.3) is 0 Å². The summed E-state index contributed by atoms with van der Waals surface area (Å²) in [5, 5.41) is 0. The first-order valence-electron chi connectivity index (χ1n) is 14.8. The van der Waals surface area contributed by atoms with Crippen LogP contribution in [-0.4, -0.2) is 18.4 Å². The first kappa shape index (κ1) is 22.7. The summed E-state index contributed by atoms with van der Waals surface area (Å²) < 4.78 is 15.3. The molecule has 0 spiro atoms. The summed E-state index contributed by atoms with van der Waals surface area (Å²) in [6.07, 6.45) is 9.90. The number of benzene rings is 2. The van der Waals surface area contributed by atoms with E-state index in [1.807, 2.05) is 0 Å². The van der Waals surface area contributed by atoms with Crippen LogP contribution in [0, 0.1) is 23.7 Å². The van der Waals surface area contributed by atoms with Crippen molar-refractivity contribution in [2.45, 2.75) is 94.8 Å². The fourth-order valence-electron chi connectivity index (χ4n) is 8.72. The zero-order valence-corrected chi connectivity index (χ0v) is 24.2. The van der Waals surface area contributed by atoms with Gasteiger partial charge in [0.05, 0.1) is 0 Å². The molecule has 3 aliphatic carbocycles. The van der Waals surface area contributed by atoms with Crippen molar-refractivity contribution < 1.29 is 1.37 Å². The zero-order valence-electron chi connectivity index (χ0n) is 22.3. The normalized spacial score (nSPS) is 31.9. The Hall–Kier alpha value is -0.761. The molecule has 2 aromatic rings. The first-order valence-corrected chi connectivity index (χ1v) is 21.9. The predicted octanol–water partition coefficient (Wildman–Crippen LogP) is 9.48. The third kappa shape index (κ3) is 3.95. The second-order valence-electron chi connectivity index (χ2n) is 11.6. The van der Waals surface area contributed by atoms with E-state index >= 15 is 0 Å². The van der Waals surface area contributed by atoms with Gasteiger partial charge in [0, 0.05) is 0 Å². The van der Waals surface area contributed by atoms with E-state index < -0.39 is 18.4 Å². The summed E-state index contributed by atoms with van der Waals surface area (Å²) in [5.74, 6) is 2.93. The molecule has 5 rings (SSSR count). The van der Waals surface area contributed by atoms with Gasteiger partial charge < -0.3 is 0 Å². The van der Waals surface area contributed by atoms with E-state index in [4.69, 9.17) is 0 Å². The number of hydrogen-bond acceptors (Lipinski definition) is 0. The van der Waals surface area contributed by atoms with E-state index in [-0.39, 0.29) is 11.8 Å². The maximum atomic E-state index is 9.75. The van der Waals surface area contributed by atoms with Crippen molar-refractivity contribution in [1.29, 1.82) is 0 Å². The van der Waals surface area contributed by atoms with Crippen molar-refractivity contribution in [2.75, 3.05) is 0 Å². The van der Waals surface area contributed by atoms with E-state index in [9.17, 15) is 1.37 Å². The van der Waals surface area contributed by atoms with Crippen molar-refractivity contribution in [3.05, 3.63) is 71.8 Å². The van der Waals surface area contributed by atoms with Gasteiger partial charge in [0.1, 0.15) is 0 Å². The molecule has 33 heavy (non-hydrogen) atoms. The van der Waals surface area contributed by atoms with Crippen LogP contribution in [0.5, 0.6) is 0 Å². The summed E-state index contributed by atoms with van der Waals surface area (Å²) >= 11 is -2.48. The van der Waals surface area contributed by atoms with E-state index in [1.165, 1.54) is 56.1 Å². The average molecular weight is 550 g/mol. The van der Waals surface area contributed by atoms with Crippen LogP contribution in [0.15, 0.2) is 60.7 Å². The van der Waals surface area contributed by atoms with Gasteiger partial charge in [-0.2, -0.15) is 0 Å². The SMILES string of the molecule is [2H]C1[C@H]2C[C@H]([C@H]3[C@@H]2C3(c2ccccc2)c2ccccc2)[C@H]1[Sn]([CH2]CCC)([CH2]CCC)[CH2]CCC. The second-order valence-corrected chi connectivity index (χ2v) is 25.6. The van der Waals surface area contributed by atoms with Gasteiger partial charge in [0.15, 0.2) is 0 Å². The Bertz CT molecular complexity index is 863. The molecule has 3 fully saturated rings. The summed E-state index contributed by atoms with van der Waals surface area (Å²) in [4.78, 5) is 0. The summed E-state index contributed by atoms with van der Waals surface area (Å²) in [5.41, 5.74) is 3.26. The Morgan fingerprint density at radius 1 is 0.758 bits per heavy atom. The van der Waals surface area contributed by atoms with E-state index in [0.29, 0.717) is 11.8 Å². The Kier molecular flexibility index (Phi) is 6.93. The Morgan fingerprint density at radius 2 is 1.24 bits per heavy atom. The Labute approximate surface area is 209 Å². The molecule has 178 valence electrons. The van der Waals surface area contributed by atoms with Gasteiger partial charge in [0.25, 0.3) is 0 Å². The van der Waals surface area contributed by atoms with Crippen LogP contribution in [0.2, 0.25) is 17.2 Å². The molecule has 3 saturated carbocycles. The number of rotatable bonds is 12. The zero-order chi connectivity index (χ0) is 23.8. The van der Waals surface area contributed by atoms with Crippen LogP contribution >= 0.6 is 0 Å². The van der Waals surface area contributed by atoms with Gasteiger partial charge in [-0.25, -0.2) is 0 Å². The Balaban J connectivity index is 1.56. The molecule has 0 amide bonds. The summed E-state index contributed by atoms with van der Waals surface area (Å²) in [6.45, 7) is 7.17. The van der Waals surface area contributed by atoms with Crippen LogP contribution < -0.4 is 0 Å². The monoisotopic (exact) mass is 551 g/mol. The molecule has 1 heteroatoms. The fraction of sp³-hybridized carbons (Fsp3) is 0.625. The number of fused-ring (bicyclic) bond motifs is 5. The fourth-order valence-corrected chi connectivity index (χ4v) is 28.2. The van der Waals surface area contributed by atoms with E-state index in [0.717, 1.165) is 15.8 Å². The van der Waals surface area contributed by atoms with Crippen molar-refractivity contribution >= 4 is 18.4 Å². The quantitative estimate of drug-likeness (QED) is 0.231. The molecule has 2 bridgehead atoms. The van der Waals surface area contributed by atoms with E-state index in [2.05, 4.69) is 81.4 Å².